The molecule has 0 aliphatic carbocycles. The van der Waals surface area contributed by atoms with Crippen LogP contribution in [0.25, 0.3) is 0 Å². The molecule has 144 valence electrons. The summed E-state index contributed by atoms with van der Waals surface area (Å²) in [6.45, 7) is 8.61. The van der Waals surface area contributed by atoms with Crippen LogP contribution in [-0.2, 0) is 7.05 Å². The van der Waals surface area contributed by atoms with Crippen LogP contribution in [0.15, 0.2) is 48.7 Å². The van der Waals surface area contributed by atoms with Gasteiger partial charge in [0.25, 0.3) is 0 Å². The van der Waals surface area contributed by atoms with E-state index in [-0.39, 0.29) is 12.1 Å². The van der Waals surface area contributed by atoms with Gasteiger partial charge in [-0.2, -0.15) is 0 Å². The zero-order valence-corrected chi connectivity index (χ0v) is 17.8. The minimum Gasteiger partial charge on any atom is -0.352 e. The van der Waals surface area contributed by atoms with Crippen LogP contribution >= 0.6 is 12.2 Å². The maximum atomic E-state index is 5.82. The monoisotopic (exact) mass is 390 g/mol. The van der Waals surface area contributed by atoms with Crippen LogP contribution in [0.5, 0.6) is 0 Å². The van der Waals surface area contributed by atoms with Gasteiger partial charge in [0.05, 0.1) is 17.8 Å². The molecule has 4 rings (SSSR count). The van der Waals surface area contributed by atoms with Crippen molar-refractivity contribution in [3.05, 3.63) is 82.4 Å². The van der Waals surface area contributed by atoms with E-state index in [1.165, 1.54) is 28.1 Å². The highest BCUT2D eigenvalue weighted by Gasteiger charge is 2.42. The van der Waals surface area contributed by atoms with E-state index in [1.54, 1.807) is 0 Å². The maximum absolute atomic E-state index is 5.82. The number of hydrogen-bond acceptors (Lipinski definition) is 2. The van der Waals surface area contributed by atoms with E-state index in [0.717, 1.165) is 16.5 Å². The van der Waals surface area contributed by atoms with Gasteiger partial charge < -0.3 is 14.8 Å². The molecule has 0 spiro atoms. The number of nitrogens with one attached hydrogen (secondary N) is 1. The minimum absolute atomic E-state index is 0.00388. The van der Waals surface area contributed by atoms with Crippen molar-refractivity contribution >= 4 is 23.0 Å². The molecule has 2 atom stereocenters. The van der Waals surface area contributed by atoms with Crippen molar-refractivity contribution in [1.82, 2.24) is 14.9 Å². The van der Waals surface area contributed by atoms with Gasteiger partial charge in [0.2, 0.25) is 0 Å². The Morgan fingerprint density at radius 2 is 1.79 bits per heavy atom. The summed E-state index contributed by atoms with van der Waals surface area (Å²) >= 11 is 5.82. The molecule has 0 saturated carbocycles. The predicted octanol–water partition coefficient (Wildman–Crippen LogP) is 4.83. The first-order chi connectivity index (χ1) is 13.4. The summed E-state index contributed by atoms with van der Waals surface area (Å²) in [6.07, 6.45) is 1.85. The van der Waals surface area contributed by atoms with Crippen LogP contribution in [0.3, 0.4) is 0 Å². The summed E-state index contributed by atoms with van der Waals surface area (Å²) in [5.41, 5.74) is 8.44. The number of aryl methyl sites for hydroxylation is 3. The molecule has 3 aromatic rings. The van der Waals surface area contributed by atoms with Gasteiger partial charge in [-0.25, -0.2) is 0 Å². The first-order valence-corrected chi connectivity index (χ1v) is 10.00. The average Bonchev–Trinajstić information content (AvgIpc) is 3.16. The molecule has 28 heavy (non-hydrogen) atoms. The Kier molecular flexibility index (Phi) is 4.71. The van der Waals surface area contributed by atoms with Crippen molar-refractivity contribution in [2.75, 3.05) is 4.90 Å². The number of anilines is 1. The third-order valence-electron chi connectivity index (χ3n) is 6.00. The van der Waals surface area contributed by atoms with Gasteiger partial charge in [-0.3, -0.25) is 4.98 Å². The minimum atomic E-state index is -0.00388. The Morgan fingerprint density at radius 1 is 1.00 bits per heavy atom. The molecule has 1 aliphatic heterocycles. The smallest absolute Gasteiger partial charge is 0.174 e. The summed E-state index contributed by atoms with van der Waals surface area (Å²) < 4.78 is 2.24. The van der Waals surface area contributed by atoms with Crippen LogP contribution in [0, 0.1) is 27.7 Å². The molecule has 4 nitrogen and oxygen atoms in total. The van der Waals surface area contributed by atoms with Crippen molar-refractivity contribution < 1.29 is 0 Å². The number of rotatable bonds is 3. The summed E-state index contributed by atoms with van der Waals surface area (Å²) in [5, 5.41) is 4.28. The molecule has 0 unspecified atom stereocenters. The van der Waals surface area contributed by atoms with E-state index in [4.69, 9.17) is 12.2 Å². The van der Waals surface area contributed by atoms with Gasteiger partial charge in [-0.05, 0) is 86.9 Å². The quantitative estimate of drug-likeness (QED) is 0.649. The summed E-state index contributed by atoms with van der Waals surface area (Å²) in [6, 6.07) is 14.9. The molecule has 1 aliphatic rings. The van der Waals surface area contributed by atoms with Gasteiger partial charge in [-0.15, -0.1) is 0 Å². The molecule has 3 heterocycles. The SMILES string of the molecule is Cc1ccc(N2C(=S)N[C@H](c3ccccn3)[C@H]2c2cc(C)n(C)c2C)cc1C. The summed E-state index contributed by atoms with van der Waals surface area (Å²) in [5.74, 6) is 0. The molecule has 0 amide bonds. The molecule has 1 saturated heterocycles. The summed E-state index contributed by atoms with van der Waals surface area (Å²) in [7, 11) is 2.12. The lowest BCUT2D eigenvalue weighted by Crippen LogP contribution is -2.29. The molecule has 1 fully saturated rings. The van der Waals surface area contributed by atoms with Gasteiger partial charge in [0.1, 0.15) is 0 Å². The Morgan fingerprint density at radius 3 is 2.39 bits per heavy atom. The van der Waals surface area contributed by atoms with Crippen LogP contribution in [0.1, 0.15) is 45.9 Å². The Balaban J connectivity index is 1.89. The van der Waals surface area contributed by atoms with Gasteiger partial charge in [-0.1, -0.05) is 12.1 Å². The van der Waals surface area contributed by atoms with E-state index in [2.05, 4.69) is 84.8 Å². The number of aromatic nitrogens is 2. The van der Waals surface area contributed by atoms with E-state index in [1.807, 2.05) is 18.3 Å². The Bertz CT molecular complexity index is 1040. The molecule has 0 radical (unpaired) electrons. The molecular formula is C23H26N4S. The van der Waals surface area contributed by atoms with Crippen molar-refractivity contribution in [2.45, 2.75) is 39.8 Å². The standard InChI is InChI=1S/C23H26N4S/c1-14-9-10-18(12-15(14)2)27-22(19-13-16(3)26(5)17(19)4)21(25-23(27)28)20-8-6-7-11-24-20/h6-13,21-22H,1-5H3,(H,25,28)/t21-,22-/m1/s1. The fourth-order valence-corrected chi connectivity index (χ4v) is 4.35. The van der Waals surface area contributed by atoms with Crippen LogP contribution in [-0.4, -0.2) is 14.7 Å². The highest BCUT2D eigenvalue weighted by molar-refractivity contribution is 7.80. The van der Waals surface area contributed by atoms with E-state index < -0.39 is 0 Å². The van der Waals surface area contributed by atoms with Crippen molar-refractivity contribution in [2.24, 2.45) is 7.05 Å². The first-order valence-electron chi connectivity index (χ1n) is 9.59. The highest BCUT2D eigenvalue weighted by Crippen LogP contribution is 2.43. The van der Waals surface area contributed by atoms with E-state index in [0.29, 0.717) is 0 Å². The lowest BCUT2D eigenvalue weighted by Gasteiger charge is -2.28. The van der Waals surface area contributed by atoms with Crippen molar-refractivity contribution in [1.29, 1.82) is 0 Å². The van der Waals surface area contributed by atoms with Crippen LogP contribution < -0.4 is 10.2 Å². The van der Waals surface area contributed by atoms with Crippen LogP contribution in [0.2, 0.25) is 0 Å². The summed E-state index contributed by atoms with van der Waals surface area (Å²) in [4.78, 5) is 6.89. The number of pyridine rings is 1. The fourth-order valence-electron chi connectivity index (χ4n) is 4.01. The van der Waals surface area contributed by atoms with Crippen molar-refractivity contribution in [3.8, 4) is 0 Å². The largest absolute Gasteiger partial charge is 0.352 e. The third-order valence-corrected chi connectivity index (χ3v) is 6.31. The zero-order valence-electron chi connectivity index (χ0n) is 17.0. The van der Waals surface area contributed by atoms with Gasteiger partial charge >= 0.3 is 0 Å². The maximum Gasteiger partial charge on any atom is 0.174 e. The molecule has 0 bridgehead atoms. The fraction of sp³-hybridized carbons (Fsp3) is 0.304. The first kappa shape index (κ1) is 18.7. The molecule has 1 N–H and O–H groups in total. The second-order valence-corrected chi connectivity index (χ2v) is 8.04. The van der Waals surface area contributed by atoms with E-state index >= 15 is 0 Å². The second-order valence-electron chi connectivity index (χ2n) is 7.65. The predicted molar refractivity (Wildman–Crippen MR) is 119 cm³/mol. The Labute approximate surface area is 172 Å². The number of nitrogens with zero attached hydrogens (tertiary/aromatic N) is 3. The third kappa shape index (κ3) is 3.00. The molecule has 2 aromatic heterocycles. The molecule has 1 aromatic carbocycles. The number of hydrogen-bond donors (Lipinski definition) is 1. The normalized spacial score (nSPS) is 19.2. The van der Waals surface area contributed by atoms with Gasteiger partial charge in [0, 0.05) is 30.3 Å². The zero-order chi connectivity index (χ0) is 20.0. The van der Waals surface area contributed by atoms with Crippen molar-refractivity contribution in [3.63, 3.8) is 0 Å². The lowest BCUT2D eigenvalue weighted by atomic mass is 9.96. The second kappa shape index (κ2) is 7.06. The van der Waals surface area contributed by atoms with E-state index in [9.17, 15) is 0 Å². The molecular weight excluding hydrogens is 364 g/mol. The number of thiocarbonyl (C=S) groups is 1. The lowest BCUT2D eigenvalue weighted by molar-refractivity contribution is 0.564. The topological polar surface area (TPSA) is 33.1 Å². The molecule has 5 heteroatoms. The number of benzene rings is 1. The highest BCUT2D eigenvalue weighted by atomic mass is 32.1. The average molecular weight is 391 g/mol. The Hall–Kier alpha value is -2.66. The van der Waals surface area contributed by atoms with Crippen LogP contribution in [0.4, 0.5) is 5.69 Å². The van der Waals surface area contributed by atoms with Gasteiger partial charge in [0.15, 0.2) is 5.11 Å².